The van der Waals surface area contributed by atoms with Gasteiger partial charge >= 0.3 is 5.97 Å². The quantitative estimate of drug-likeness (QED) is 0.0522. The third-order valence-electron chi connectivity index (χ3n) is 10.9. The van der Waals surface area contributed by atoms with Gasteiger partial charge in [-0.3, -0.25) is 4.79 Å². The maximum absolute atomic E-state index is 12.6. The van der Waals surface area contributed by atoms with Crippen LogP contribution in [0.25, 0.3) is 0 Å². The third kappa shape index (κ3) is 28.0. The Labute approximate surface area is 369 Å². The first-order valence-corrected chi connectivity index (χ1v) is 24.0. The molecule has 1 aromatic rings. The van der Waals surface area contributed by atoms with Crippen LogP contribution in [0.15, 0.2) is 12.1 Å². The summed E-state index contributed by atoms with van der Waals surface area (Å²) < 4.78 is 41.3. The van der Waals surface area contributed by atoms with E-state index in [0.717, 1.165) is 29.7 Å². The minimum atomic E-state index is -0.270. The number of phenolic OH excluding ortho intramolecular Hbond substituents is 1. The second-order valence-electron chi connectivity index (χ2n) is 19.7. The van der Waals surface area contributed by atoms with Crippen LogP contribution in [-0.2, 0) is 55.2 Å². The number of phenols is 1. The maximum Gasteiger partial charge on any atom is 0.306 e. The number of carbonyl (C=O) groups excluding carboxylic acids is 1. The van der Waals surface area contributed by atoms with Crippen molar-refractivity contribution in [2.75, 3.05) is 46.2 Å². The molecule has 0 bridgehead atoms. The van der Waals surface area contributed by atoms with Crippen molar-refractivity contribution in [3.63, 3.8) is 0 Å². The van der Waals surface area contributed by atoms with Gasteiger partial charge in [-0.05, 0) is 81.9 Å². The van der Waals surface area contributed by atoms with E-state index in [2.05, 4.69) is 55.4 Å². The van der Waals surface area contributed by atoms with Gasteiger partial charge in [-0.1, -0.05) is 144 Å². The highest BCUT2D eigenvalue weighted by molar-refractivity contribution is 5.69. The third-order valence-corrected chi connectivity index (χ3v) is 10.9. The SMILES string of the molecule is CCCCCCCCCCCCCCCCOC(C)COC(C)COC(C)COC(C)COC(C)COC(C)COC(=O)CCc1cc(C(C)(C)C)c(O)c(C(C)(C)C)c1. The largest absolute Gasteiger partial charge is 0.507 e. The number of hydrogen-bond acceptors (Lipinski definition) is 9. The summed E-state index contributed by atoms with van der Waals surface area (Å²) in [7, 11) is 0. The van der Waals surface area contributed by atoms with Crippen LogP contribution < -0.4 is 0 Å². The Morgan fingerprint density at radius 1 is 0.500 bits per heavy atom. The lowest BCUT2D eigenvalue weighted by molar-refractivity contribution is -0.148. The molecule has 60 heavy (non-hydrogen) atoms. The zero-order chi connectivity index (χ0) is 45.0. The minimum Gasteiger partial charge on any atom is -0.507 e. The van der Waals surface area contributed by atoms with Crippen molar-refractivity contribution in [2.24, 2.45) is 0 Å². The average molecular weight is 851 g/mol. The summed E-state index contributed by atoms with van der Waals surface area (Å²) >= 11 is 0. The van der Waals surface area contributed by atoms with Gasteiger partial charge in [0.25, 0.3) is 0 Å². The highest BCUT2D eigenvalue weighted by atomic mass is 16.6. The Morgan fingerprint density at radius 2 is 0.817 bits per heavy atom. The Bertz CT molecular complexity index is 1190. The number of unbranched alkanes of at least 4 members (excludes halogenated alkanes) is 13. The van der Waals surface area contributed by atoms with Crippen LogP contribution in [0, 0.1) is 0 Å². The summed E-state index contributed by atoms with van der Waals surface area (Å²) in [5.74, 6) is 0.0731. The molecule has 0 amide bonds. The molecule has 0 aromatic heterocycles. The molecule has 0 aliphatic rings. The monoisotopic (exact) mass is 851 g/mol. The van der Waals surface area contributed by atoms with E-state index in [1.165, 1.54) is 83.5 Å². The number of aryl methyl sites for hydroxylation is 1. The summed E-state index contributed by atoms with van der Waals surface area (Å²) in [4.78, 5) is 12.6. The Balaban J connectivity index is 2.11. The molecule has 0 saturated carbocycles. The zero-order valence-electron chi connectivity index (χ0n) is 41.1. The molecule has 1 rings (SSSR count). The summed E-state index contributed by atoms with van der Waals surface area (Å²) in [6.07, 6.45) is 19.3. The lowest BCUT2D eigenvalue weighted by atomic mass is 9.78. The van der Waals surface area contributed by atoms with E-state index in [-0.39, 0.29) is 66.5 Å². The predicted molar refractivity (Wildman–Crippen MR) is 248 cm³/mol. The van der Waals surface area contributed by atoms with Crippen LogP contribution >= 0.6 is 0 Å². The van der Waals surface area contributed by atoms with E-state index in [0.29, 0.717) is 45.2 Å². The smallest absolute Gasteiger partial charge is 0.306 e. The Morgan fingerprint density at radius 3 is 1.17 bits per heavy atom. The molecule has 352 valence electrons. The number of carbonyl (C=O) groups is 1. The number of esters is 1. The fourth-order valence-corrected chi connectivity index (χ4v) is 6.88. The second kappa shape index (κ2) is 32.0. The fraction of sp³-hybridized carbons (Fsp3) is 0.863. The van der Waals surface area contributed by atoms with Gasteiger partial charge in [0.2, 0.25) is 0 Å². The molecule has 6 atom stereocenters. The topological polar surface area (TPSA) is 102 Å². The molecule has 0 aliphatic heterocycles. The van der Waals surface area contributed by atoms with Gasteiger partial charge in [0.15, 0.2) is 0 Å². The second-order valence-corrected chi connectivity index (χ2v) is 19.7. The lowest BCUT2D eigenvalue weighted by Crippen LogP contribution is -2.30. The molecule has 1 N–H and O–H groups in total. The van der Waals surface area contributed by atoms with Crippen LogP contribution in [-0.4, -0.2) is 93.9 Å². The van der Waals surface area contributed by atoms with Gasteiger partial charge in [-0.25, -0.2) is 0 Å². The molecule has 9 nitrogen and oxygen atoms in total. The van der Waals surface area contributed by atoms with E-state index in [1.54, 1.807) is 0 Å². The number of hydrogen-bond donors (Lipinski definition) is 1. The van der Waals surface area contributed by atoms with Crippen LogP contribution in [0.3, 0.4) is 0 Å². The summed E-state index contributed by atoms with van der Waals surface area (Å²) in [6, 6.07) is 4.03. The van der Waals surface area contributed by atoms with E-state index in [1.807, 2.05) is 46.8 Å². The number of rotatable bonds is 36. The minimum absolute atomic E-state index is 0.0265. The molecule has 0 radical (unpaired) electrons. The summed E-state index contributed by atoms with van der Waals surface area (Å²) in [5.41, 5.74) is 2.36. The van der Waals surface area contributed by atoms with Gasteiger partial charge in [-0.15, -0.1) is 0 Å². The van der Waals surface area contributed by atoms with E-state index >= 15 is 0 Å². The van der Waals surface area contributed by atoms with Crippen molar-refractivity contribution >= 4 is 5.97 Å². The normalized spacial score (nSPS) is 15.4. The first-order valence-electron chi connectivity index (χ1n) is 24.0. The lowest BCUT2D eigenvalue weighted by Gasteiger charge is -2.28. The van der Waals surface area contributed by atoms with Gasteiger partial charge in [-0.2, -0.15) is 0 Å². The summed E-state index contributed by atoms with van der Waals surface area (Å²) in [5, 5.41) is 11.0. The van der Waals surface area contributed by atoms with Crippen molar-refractivity contribution < 1.29 is 43.1 Å². The molecular formula is C51H94O9. The molecule has 9 heteroatoms. The molecule has 0 spiro atoms. The molecule has 6 unspecified atom stereocenters. The van der Waals surface area contributed by atoms with E-state index < -0.39 is 0 Å². The van der Waals surface area contributed by atoms with Gasteiger partial charge in [0.05, 0.1) is 69.7 Å². The van der Waals surface area contributed by atoms with Crippen molar-refractivity contribution in [2.45, 2.75) is 240 Å². The Hall–Kier alpha value is -1.75. The summed E-state index contributed by atoms with van der Waals surface area (Å²) in [6.45, 7) is 30.1. The molecule has 0 heterocycles. The zero-order valence-corrected chi connectivity index (χ0v) is 41.1. The number of aromatic hydroxyl groups is 1. The predicted octanol–water partition coefficient (Wildman–Crippen LogP) is 12.4. The van der Waals surface area contributed by atoms with Crippen LogP contribution in [0.5, 0.6) is 5.75 Å². The van der Waals surface area contributed by atoms with Gasteiger partial charge in [0, 0.05) is 13.0 Å². The first-order chi connectivity index (χ1) is 28.3. The van der Waals surface area contributed by atoms with Crippen molar-refractivity contribution in [1.82, 2.24) is 0 Å². The van der Waals surface area contributed by atoms with Crippen molar-refractivity contribution in [1.29, 1.82) is 0 Å². The van der Waals surface area contributed by atoms with Crippen molar-refractivity contribution in [3.8, 4) is 5.75 Å². The molecule has 0 aliphatic carbocycles. The molecule has 1 aromatic carbocycles. The van der Waals surface area contributed by atoms with Crippen molar-refractivity contribution in [3.05, 3.63) is 28.8 Å². The standard InChI is InChI=1S/C51H94O9/c1-14-15-16-17-18-19-20-21-22-23-24-25-26-27-30-54-39(2)33-55-40(3)34-56-41(4)35-57-42(5)36-58-43(6)37-59-44(7)38-60-48(52)29-28-45-31-46(50(8,9)10)49(53)47(32-45)51(11,12)13/h31-32,39-44,53H,14-30,33-38H2,1-13H3. The van der Waals surface area contributed by atoms with E-state index in [9.17, 15) is 9.90 Å². The van der Waals surface area contributed by atoms with Gasteiger partial charge in [0.1, 0.15) is 12.4 Å². The Kier molecular flexibility index (Phi) is 30.0. The van der Waals surface area contributed by atoms with Crippen LogP contribution in [0.4, 0.5) is 0 Å². The van der Waals surface area contributed by atoms with Gasteiger partial charge < -0.3 is 38.3 Å². The molecule has 0 saturated heterocycles. The maximum atomic E-state index is 12.6. The van der Waals surface area contributed by atoms with Crippen LogP contribution in [0.1, 0.15) is 203 Å². The fourth-order valence-electron chi connectivity index (χ4n) is 6.88. The molecule has 0 fully saturated rings. The highest BCUT2D eigenvalue weighted by Gasteiger charge is 2.27. The molecular weight excluding hydrogens is 757 g/mol. The highest BCUT2D eigenvalue weighted by Crippen LogP contribution is 2.40. The first kappa shape index (κ1) is 56.3. The van der Waals surface area contributed by atoms with E-state index in [4.69, 9.17) is 33.2 Å². The number of benzene rings is 1. The van der Waals surface area contributed by atoms with Crippen LogP contribution in [0.2, 0.25) is 0 Å². The number of ether oxygens (including phenoxy) is 7. The average Bonchev–Trinajstić information content (AvgIpc) is 3.18.